The molecule has 1 aromatic heterocycles. The van der Waals surface area contributed by atoms with Gasteiger partial charge < -0.3 is 9.80 Å². The Balaban J connectivity index is 1.60. The van der Waals surface area contributed by atoms with Crippen molar-refractivity contribution in [1.29, 1.82) is 0 Å². The van der Waals surface area contributed by atoms with E-state index in [0.717, 1.165) is 4.90 Å². The number of halogens is 4. The van der Waals surface area contributed by atoms with Crippen molar-refractivity contribution in [3.63, 3.8) is 0 Å². The topological polar surface area (TPSA) is 69.3 Å². The van der Waals surface area contributed by atoms with Gasteiger partial charge in [0.1, 0.15) is 17.9 Å². The minimum atomic E-state index is -4.54. The van der Waals surface area contributed by atoms with E-state index >= 15 is 0 Å². The van der Waals surface area contributed by atoms with Crippen LogP contribution in [0.2, 0.25) is 0 Å². The number of aromatic nitrogens is 2. The second-order valence-corrected chi connectivity index (χ2v) is 6.14. The average molecular weight is 384 g/mol. The molecule has 0 bridgehead atoms. The standard InChI is InChI=1S/C17H16F4N4O2/c18-12-3-1-11(2-4-12)13-9-14(23-22-13)16(27)25-7-5-24(6-8-25)15(26)10-17(19,20)21/h1-4,9H,5-8,10H2,(H,22,23). The molecule has 0 saturated carbocycles. The average Bonchev–Trinajstić information content (AvgIpc) is 3.10. The van der Waals surface area contributed by atoms with Crippen LogP contribution in [0.3, 0.4) is 0 Å². The fourth-order valence-corrected chi connectivity index (χ4v) is 2.81. The molecule has 0 unspecified atom stereocenters. The number of hydrogen-bond donors (Lipinski definition) is 1. The third-order valence-corrected chi connectivity index (χ3v) is 4.22. The van der Waals surface area contributed by atoms with Gasteiger partial charge in [0.15, 0.2) is 0 Å². The normalized spacial score (nSPS) is 15.1. The summed E-state index contributed by atoms with van der Waals surface area (Å²) in [5, 5.41) is 6.65. The number of hydrogen-bond acceptors (Lipinski definition) is 3. The molecule has 2 amide bonds. The van der Waals surface area contributed by atoms with Crippen LogP contribution in [-0.2, 0) is 4.79 Å². The molecule has 10 heteroatoms. The molecule has 1 aliphatic rings. The maximum absolute atomic E-state index is 13.0. The van der Waals surface area contributed by atoms with Crippen molar-refractivity contribution in [3.05, 3.63) is 41.8 Å². The van der Waals surface area contributed by atoms with Crippen molar-refractivity contribution in [2.75, 3.05) is 26.2 Å². The van der Waals surface area contributed by atoms with E-state index in [1.165, 1.54) is 35.2 Å². The van der Waals surface area contributed by atoms with Crippen molar-refractivity contribution in [2.45, 2.75) is 12.6 Å². The van der Waals surface area contributed by atoms with Crippen LogP contribution in [0.5, 0.6) is 0 Å². The first-order chi connectivity index (χ1) is 12.7. The number of alkyl halides is 3. The highest BCUT2D eigenvalue weighted by Crippen LogP contribution is 2.22. The van der Waals surface area contributed by atoms with Crippen molar-refractivity contribution in [1.82, 2.24) is 20.0 Å². The largest absolute Gasteiger partial charge is 0.397 e. The molecule has 1 fully saturated rings. The molecule has 3 rings (SSSR count). The number of nitrogens with one attached hydrogen (secondary N) is 1. The maximum Gasteiger partial charge on any atom is 0.397 e. The van der Waals surface area contributed by atoms with Crippen molar-refractivity contribution in [2.24, 2.45) is 0 Å². The van der Waals surface area contributed by atoms with Gasteiger partial charge >= 0.3 is 6.18 Å². The zero-order valence-corrected chi connectivity index (χ0v) is 14.1. The van der Waals surface area contributed by atoms with E-state index in [0.29, 0.717) is 11.3 Å². The highest BCUT2D eigenvalue weighted by atomic mass is 19.4. The van der Waals surface area contributed by atoms with Gasteiger partial charge in [-0.05, 0) is 30.3 Å². The molecule has 0 atom stereocenters. The lowest BCUT2D eigenvalue weighted by molar-refractivity contribution is -0.162. The van der Waals surface area contributed by atoms with Crippen LogP contribution in [0.25, 0.3) is 11.3 Å². The molecule has 1 N–H and O–H groups in total. The minimum absolute atomic E-state index is 0.0413. The minimum Gasteiger partial charge on any atom is -0.339 e. The molecule has 1 aromatic carbocycles. The highest BCUT2D eigenvalue weighted by molar-refractivity contribution is 5.93. The van der Waals surface area contributed by atoms with Gasteiger partial charge in [-0.25, -0.2) is 4.39 Å². The fourth-order valence-electron chi connectivity index (χ4n) is 2.81. The molecule has 0 aliphatic carbocycles. The first-order valence-electron chi connectivity index (χ1n) is 8.18. The number of aromatic amines is 1. The molecule has 2 heterocycles. The zero-order chi connectivity index (χ0) is 19.6. The van der Waals surface area contributed by atoms with Crippen molar-refractivity contribution >= 4 is 11.8 Å². The molecule has 1 aliphatic heterocycles. The van der Waals surface area contributed by atoms with E-state index in [4.69, 9.17) is 0 Å². The van der Waals surface area contributed by atoms with Crippen LogP contribution in [-0.4, -0.2) is 64.2 Å². The third-order valence-electron chi connectivity index (χ3n) is 4.22. The summed E-state index contributed by atoms with van der Waals surface area (Å²) in [6.07, 6.45) is -6.04. The van der Waals surface area contributed by atoms with E-state index in [2.05, 4.69) is 10.2 Å². The van der Waals surface area contributed by atoms with Gasteiger partial charge in [-0.1, -0.05) is 0 Å². The summed E-state index contributed by atoms with van der Waals surface area (Å²) in [5.74, 6) is -1.74. The Morgan fingerprint density at radius 3 is 2.22 bits per heavy atom. The summed E-state index contributed by atoms with van der Waals surface area (Å²) in [7, 11) is 0. The fraction of sp³-hybridized carbons (Fsp3) is 0.353. The van der Waals surface area contributed by atoms with Crippen LogP contribution in [0, 0.1) is 5.82 Å². The van der Waals surface area contributed by atoms with Crippen molar-refractivity contribution < 1.29 is 27.2 Å². The highest BCUT2D eigenvalue weighted by Gasteiger charge is 2.35. The molecular weight excluding hydrogens is 368 g/mol. The Kier molecular flexibility index (Phi) is 5.15. The monoisotopic (exact) mass is 384 g/mol. The number of carbonyl (C=O) groups is 2. The zero-order valence-electron chi connectivity index (χ0n) is 14.1. The Bertz CT molecular complexity index is 824. The lowest BCUT2D eigenvalue weighted by Gasteiger charge is -2.34. The Hall–Kier alpha value is -2.91. The predicted octanol–water partition coefficient (Wildman–Crippen LogP) is 2.45. The van der Waals surface area contributed by atoms with E-state index in [1.807, 2.05) is 0 Å². The van der Waals surface area contributed by atoms with Crippen LogP contribution in [0.15, 0.2) is 30.3 Å². The molecule has 0 spiro atoms. The van der Waals surface area contributed by atoms with Gasteiger partial charge in [0, 0.05) is 31.7 Å². The van der Waals surface area contributed by atoms with Gasteiger partial charge in [0.2, 0.25) is 5.91 Å². The summed E-state index contributed by atoms with van der Waals surface area (Å²) in [6, 6.07) is 7.15. The summed E-state index contributed by atoms with van der Waals surface area (Å²) in [5.41, 5.74) is 1.32. The van der Waals surface area contributed by atoms with Crippen LogP contribution >= 0.6 is 0 Å². The van der Waals surface area contributed by atoms with Crippen LogP contribution in [0.1, 0.15) is 16.9 Å². The van der Waals surface area contributed by atoms with E-state index in [1.54, 1.807) is 0 Å². The molecule has 0 radical (unpaired) electrons. The van der Waals surface area contributed by atoms with Gasteiger partial charge in [-0.3, -0.25) is 14.7 Å². The maximum atomic E-state index is 13.0. The van der Waals surface area contributed by atoms with Gasteiger partial charge in [-0.15, -0.1) is 0 Å². The summed E-state index contributed by atoms with van der Waals surface area (Å²) in [4.78, 5) is 26.7. The third kappa shape index (κ3) is 4.63. The number of carbonyl (C=O) groups excluding carboxylic acids is 2. The van der Waals surface area contributed by atoms with Crippen molar-refractivity contribution in [3.8, 4) is 11.3 Å². The number of piperazine rings is 1. The number of nitrogens with zero attached hydrogens (tertiary/aromatic N) is 3. The van der Waals surface area contributed by atoms with E-state index in [9.17, 15) is 27.2 Å². The van der Waals surface area contributed by atoms with Gasteiger partial charge in [0.05, 0.1) is 5.69 Å². The summed E-state index contributed by atoms with van der Waals surface area (Å²) < 4.78 is 49.9. The molecule has 6 nitrogen and oxygen atoms in total. The summed E-state index contributed by atoms with van der Waals surface area (Å²) >= 11 is 0. The van der Waals surface area contributed by atoms with E-state index in [-0.39, 0.29) is 43.6 Å². The number of amides is 2. The van der Waals surface area contributed by atoms with Crippen LogP contribution < -0.4 is 0 Å². The first kappa shape index (κ1) is 18.9. The Morgan fingerprint density at radius 1 is 1.04 bits per heavy atom. The molecular formula is C17H16F4N4O2. The Labute approximate surface area is 151 Å². The second-order valence-electron chi connectivity index (χ2n) is 6.14. The van der Waals surface area contributed by atoms with Gasteiger partial charge in [-0.2, -0.15) is 18.3 Å². The molecule has 144 valence electrons. The van der Waals surface area contributed by atoms with E-state index < -0.39 is 18.5 Å². The van der Waals surface area contributed by atoms with Crippen LogP contribution in [0.4, 0.5) is 17.6 Å². The second kappa shape index (κ2) is 7.37. The lowest BCUT2D eigenvalue weighted by Crippen LogP contribution is -2.51. The lowest BCUT2D eigenvalue weighted by atomic mass is 10.1. The predicted molar refractivity (Wildman–Crippen MR) is 87.1 cm³/mol. The molecule has 1 saturated heterocycles. The Morgan fingerprint density at radius 2 is 1.63 bits per heavy atom. The first-order valence-corrected chi connectivity index (χ1v) is 8.18. The quantitative estimate of drug-likeness (QED) is 0.827. The smallest absolute Gasteiger partial charge is 0.339 e. The SMILES string of the molecule is O=C(CC(F)(F)F)N1CCN(C(=O)c2cc(-c3ccc(F)cc3)n[nH]2)CC1. The number of benzene rings is 1. The molecule has 2 aromatic rings. The molecule has 27 heavy (non-hydrogen) atoms. The number of rotatable bonds is 3. The van der Waals surface area contributed by atoms with Gasteiger partial charge in [0.25, 0.3) is 5.91 Å². The summed E-state index contributed by atoms with van der Waals surface area (Å²) in [6.45, 7) is 0.347. The number of H-pyrrole nitrogens is 1.